The van der Waals surface area contributed by atoms with Crippen molar-refractivity contribution >= 4 is 16.6 Å². The van der Waals surface area contributed by atoms with Crippen LogP contribution in [-0.2, 0) is 0 Å². The van der Waals surface area contributed by atoms with Crippen molar-refractivity contribution in [1.29, 1.82) is 5.26 Å². The highest BCUT2D eigenvalue weighted by Gasteiger charge is 2.20. The molecular weight excluding hydrogens is 229 g/mol. The molecule has 0 amide bonds. The SMILES string of the molecule is CCC(C#N)C(=O)c1ccc(F)c2ccccc12. The van der Waals surface area contributed by atoms with Gasteiger partial charge in [0.15, 0.2) is 5.78 Å². The normalized spacial score (nSPS) is 12.1. The van der Waals surface area contributed by atoms with Crippen LogP contribution in [0.15, 0.2) is 36.4 Å². The Morgan fingerprint density at radius 1 is 1.28 bits per heavy atom. The lowest BCUT2D eigenvalue weighted by molar-refractivity contribution is 0.0948. The van der Waals surface area contributed by atoms with Crippen LogP contribution in [-0.4, -0.2) is 5.78 Å². The maximum absolute atomic E-state index is 13.6. The first-order valence-corrected chi connectivity index (χ1v) is 5.80. The highest BCUT2D eigenvalue weighted by Crippen LogP contribution is 2.24. The molecule has 0 saturated heterocycles. The summed E-state index contributed by atoms with van der Waals surface area (Å²) in [6.45, 7) is 1.79. The van der Waals surface area contributed by atoms with Crippen LogP contribution in [0, 0.1) is 23.1 Å². The first-order chi connectivity index (χ1) is 8.69. The fourth-order valence-electron chi connectivity index (χ4n) is 2.00. The number of nitrogens with zero attached hydrogens (tertiary/aromatic N) is 1. The lowest BCUT2D eigenvalue weighted by atomic mass is 9.92. The molecule has 1 atom stereocenters. The number of benzene rings is 2. The van der Waals surface area contributed by atoms with Crippen molar-refractivity contribution in [2.45, 2.75) is 13.3 Å². The molecule has 0 aromatic heterocycles. The zero-order valence-corrected chi connectivity index (χ0v) is 9.98. The maximum atomic E-state index is 13.6. The maximum Gasteiger partial charge on any atom is 0.180 e. The van der Waals surface area contributed by atoms with Gasteiger partial charge in [0.05, 0.1) is 6.07 Å². The van der Waals surface area contributed by atoms with E-state index in [9.17, 15) is 9.18 Å². The van der Waals surface area contributed by atoms with Gasteiger partial charge >= 0.3 is 0 Å². The van der Waals surface area contributed by atoms with Gasteiger partial charge in [0.2, 0.25) is 0 Å². The van der Waals surface area contributed by atoms with Gasteiger partial charge in [-0.25, -0.2) is 4.39 Å². The Bertz CT molecular complexity index is 642. The molecule has 18 heavy (non-hydrogen) atoms. The monoisotopic (exact) mass is 241 g/mol. The Labute approximate surface area is 105 Å². The van der Waals surface area contributed by atoms with Crippen LogP contribution in [0.2, 0.25) is 0 Å². The van der Waals surface area contributed by atoms with Gasteiger partial charge in [0, 0.05) is 10.9 Å². The highest BCUT2D eigenvalue weighted by atomic mass is 19.1. The number of rotatable bonds is 3. The molecule has 2 aromatic rings. The van der Waals surface area contributed by atoms with Crippen LogP contribution in [0.4, 0.5) is 4.39 Å². The summed E-state index contributed by atoms with van der Waals surface area (Å²) in [7, 11) is 0. The van der Waals surface area contributed by atoms with E-state index in [1.54, 1.807) is 31.2 Å². The quantitative estimate of drug-likeness (QED) is 0.768. The lowest BCUT2D eigenvalue weighted by Crippen LogP contribution is -2.12. The number of nitriles is 1. The van der Waals surface area contributed by atoms with E-state index in [1.165, 1.54) is 12.1 Å². The van der Waals surface area contributed by atoms with Gasteiger partial charge in [0.1, 0.15) is 11.7 Å². The number of carbonyl (C=O) groups is 1. The van der Waals surface area contributed by atoms with Crippen molar-refractivity contribution in [2.75, 3.05) is 0 Å². The van der Waals surface area contributed by atoms with Gasteiger partial charge in [-0.2, -0.15) is 5.26 Å². The van der Waals surface area contributed by atoms with Gasteiger partial charge in [0.25, 0.3) is 0 Å². The van der Waals surface area contributed by atoms with Crippen LogP contribution < -0.4 is 0 Å². The second kappa shape index (κ2) is 4.97. The smallest absolute Gasteiger partial charge is 0.180 e. The molecule has 0 radical (unpaired) electrons. The zero-order valence-electron chi connectivity index (χ0n) is 9.98. The number of halogens is 1. The molecule has 0 aliphatic rings. The third kappa shape index (κ3) is 1.98. The van der Waals surface area contributed by atoms with Crippen molar-refractivity contribution in [3.63, 3.8) is 0 Å². The average Bonchev–Trinajstić information content (AvgIpc) is 2.41. The number of carbonyl (C=O) groups excluding carboxylic acids is 1. The van der Waals surface area contributed by atoms with Crippen LogP contribution in [0.25, 0.3) is 10.8 Å². The summed E-state index contributed by atoms with van der Waals surface area (Å²) in [6, 6.07) is 11.5. The minimum Gasteiger partial charge on any atom is -0.293 e. The summed E-state index contributed by atoms with van der Waals surface area (Å²) in [5.41, 5.74) is 0.417. The third-order valence-electron chi connectivity index (χ3n) is 3.02. The number of hydrogen-bond donors (Lipinski definition) is 0. The van der Waals surface area contributed by atoms with Crippen molar-refractivity contribution in [1.82, 2.24) is 0 Å². The summed E-state index contributed by atoms with van der Waals surface area (Å²) < 4.78 is 13.6. The molecule has 0 spiro atoms. The van der Waals surface area contributed by atoms with Crippen LogP contribution in [0.3, 0.4) is 0 Å². The number of hydrogen-bond acceptors (Lipinski definition) is 2. The standard InChI is InChI=1S/C15H12FNO/c1-2-10(9-17)15(18)13-7-8-14(16)12-6-4-3-5-11(12)13/h3-8,10H,2H2,1H3. The third-order valence-corrected chi connectivity index (χ3v) is 3.02. The molecule has 2 nitrogen and oxygen atoms in total. The summed E-state index contributed by atoms with van der Waals surface area (Å²) in [5, 5.41) is 9.92. The molecule has 2 aromatic carbocycles. The van der Waals surface area contributed by atoms with E-state index in [0.29, 0.717) is 22.8 Å². The van der Waals surface area contributed by atoms with Crippen molar-refractivity contribution in [2.24, 2.45) is 5.92 Å². The van der Waals surface area contributed by atoms with Crippen molar-refractivity contribution in [3.8, 4) is 6.07 Å². The van der Waals surface area contributed by atoms with Crippen LogP contribution in [0.1, 0.15) is 23.7 Å². The molecule has 0 aliphatic carbocycles. The van der Waals surface area contributed by atoms with E-state index in [4.69, 9.17) is 5.26 Å². The Hall–Kier alpha value is -2.21. The van der Waals surface area contributed by atoms with E-state index in [0.717, 1.165) is 0 Å². The summed E-state index contributed by atoms with van der Waals surface area (Å²) in [4.78, 5) is 12.2. The predicted molar refractivity (Wildman–Crippen MR) is 67.6 cm³/mol. The van der Waals surface area contributed by atoms with E-state index < -0.39 is 5.92 Å². The second-order valence-electron chi connectivity index (χ2n) is 4.09. The highest BCUT2D eigenvalue weighted by molar-refractivity contribution is 6.10. The van der Waals surface area contributed by atoms with E-state index in [1.807, 2.05) is 6.07 Å². The van der Waals surface area contributed by atoms with Gasteiger partial charge in [-0.1, -0.05) is 31.2 Å². The zero-order chi connectivity index (χ0) is 13.1. The first-order valence-electron chi connectivity index (χ1n) is 5.80. The molecule has 90 valence electrons. The molecule has 2 rings (SSSR count). The van der Waals surface area contributed by atoms with Crippen LogP contribution >= 0.6 is 0 Å². The van der Waals surface area contributed by atoms with Crippen molar-refractivity contribution in [3.05, 3.63) is 47.8 Å². The summed E-state index contributed by atoms with van der Waals surface area (Å²) >= 11 is 0. The second-order valence-corrected chi connectivity index (χ2v) is 4.09. The molecular formula is C15H12FNO. The fourth-order valence-corrected chi connectivity index (χ4v) is 2.00. The van der Waals surface area contributed by atoms with Gasteiger partial charge in [-0.3, -0.25) is 4.79 Å². The van der Waals surface area contributed by atoms with Crippen LogP contribution in [0.5, 0.6) is 0 Å². The Morgan fingerprint density at radius 2 is 1.94 bits per heavy atom. The Morgan fingerprint density at radius 3 is 2.56 bits per heavy atom. The number of Topliss-reactive ketones (excluding diaryl/α,β-unsaturated/α-hetero) is 1. The topological polar surface area (TPSA) is 40.9 Å². The first kappa shape index (κ1) is 12.3. The minimum absolute atomic E-state index is 0.240. The fraction of sp³-hybridized carbons (Fsp3) is 0.200. The molecule has 0 heterocycles. The van der Waals surface area contributed by atoms with E-state index >= 15 is 0 Å². The average molecular weight is 241 g/mol. The summed E-state index contributed by atoms with van der Waals surface area (Å²) in [5.74, 6) is -1.26. The minimum atomic E-state index is -0.668. The number of fused-ring (bicyclic) bond motifs is 1. The van der Waals surface area contributed by atoms with E-state index in [-0.39, 0.29) is 11.6 Å². The molecule has 3 heteroatoms. The summed E-state index contributed by atoms with van der Waals surface area (Å²) in [6.07, 6.45) is 0.459. The van der Waals surface area contributed by atoms with Gasteiger partial charge < -0.3 is 0 Å². The van der Waals surface area contributed by atoms with E-state index in [2.05, 4.69) is 0 Å². The Balaban J connectivity index is 2.63. The lowest BCUT2D eigenvalue weighted by Gasteiger charge is -2.09. The molecule has 0 aliphatic heterocycles. The van der Waals surface area contributed by atoms with Gasteiger partial charge in [-0.05, 0) is 23.9 Å². The predicted octanol–water partition coefficient (Wildman–Crippen LogP) is 3.71. The van der Waals surface area contributed by atoms with Crippen molar-refractivity contribution < 1.29 is 9.18 Å². The molecule has 1 unspecified atom stereocenters. The molecule has 0 fully saturated rings. The molecule has 0 N–H and O–H groups in total. The largest absolute Gasteiger partial charge is 0.293 e. The van der Waals surface area contributed by atoms with Gasteiger partial charge in [-0.15, -0.1) is 0 Å². The Kier molecular flexibility index (Phi) is 3.38. The number of ketones is 1. The molecule has 0 saturated carbocycles. The molecule has 0 bridgehead atoms.